The molecule has 0 amide bonds. The Balaban J connectivity index is 3.64. The molecule has 0 aromatic heterocycles. The van der Waals surface area contributed by atoms with Gasteiger partial charge >= 0.3 is 0 Å². The molecule has 0 aliphatic carbocycles. The highest BCUT2D eigenvalue weighted by Crippen LogP contribution is 2.01. The van der Waals surface area contributed by atoms with Crippen molar-refractivity contribution in [1.29, 1.82) is 0 Å². The van der Waals surface area contributed by atoms with Crippen LogP contribution < -0.4 is 0 Å². The molecule has 0 bridgehead atoms. The fraction of sp³-hybridized carbons (Fsp3) is 0.636. The Labute approximate surface area is 80.0 Å². The van der Waals surface area contributed by atoms with Crippen molar-refractivity contribution in [2.24, 2.45) is 0 Å². The average molecular weight is 182 g/mol. The Kier molecular flexibility index (Phi) is 6.11. The topological polar surface area (TPSA) is 34.1 Å². The van der Waals surface area contributed by atoms with Gasteiger partial charge in [-0.25, -0.2) is 0 Å². The summed E-state index contributed by atoms with van der Waals surface area (Å²) < 4.78 is 0. The van der Waals surface area contributed by atoms with Crippen LogP contribution in [-0.2, 0) is 9.59 Å². The van der Waals surface area contributed by atoms with Gasteiger partial charge in [0.1, 0.15) is 11.6 Å². The first kappa shape index (κ1) is 12.1. The fourth-order valence-corrected chi connectivity index (χ4v) is 0.955. The van der Waals surface area contributed by atoms with E-state index < -0.39 is 0 Å². The predicted octanol–water partition coefficient (Wildman–Crippen LogP) is 2.67. The molecular formula is C11H18O2. The maximum atomic E-state index is 11.1. The SMILES string of the molecule is CCC(=O)CC(=O)CCC=C(C)C. The molecule has 0 rings (SSSR count). The first-order valence-corrected chi connectivity index (χ1v) is 4.73. The van der Waals surface area contributed by atoms with Gasteiger partial charge in [0.15, 0.2) is 0 Å². The van der Waals surface area contributed by atoms with Crippen LogP contribution in [0.4, 0.5) is 0 Å². The molecule has 0 aromatic rings. The number of hydrogen-bond acceptors (Lipinski definition) is 2. The van der Waals surface area contributed by atoms with Gasteiger partial charge in [0.25, 0.3) is 0 Å². The van der Waals surface area contributed by atoms with Crippen molar-refractivity contribution in [3.8, 4) is 0 Å². The maximum Gasteiger partial charge on any atom is 0.140 e. The molecule has 0 aliphatic heterocycles. The minimum atomic E-state index is 0.0437. The zero-order chi connectivity index (χ0) is 10.3. The smallest absolute Gasteiger partial charge is 0.140 e. The summed E-state index contributed by atoms with van der Waals surface area (Å²) in [5, 5.41) is 0. The molecule has 2 heteroatoms. The Morgan fingerprint density at radius 2 is 1.77 bits per heavy atom. The third kappa shape index (κ3) is 7.44. The monoisotopic (exact) mass is 182 g/mol. The predicted molar refractivity (Wildman–Crippen MR) is 53.6 cm³/mol. The van der Waals surface area contributed by atoms with Gasteiger partial charge in [-0.2, -0.15) is 0 Å². The number of Topliss-reactive ketones (excluding diaryl/α,β-unsaturated/α-hetero) is 2. The van der Waals surface area contributed by atoms with Crippen molar-refractivity contribution in [1.82, 2.24) is 0 Å². The molecular weight excluding hydrogens is 164 g/mol. The third-order valence-electron chi connectivity index (χ3n) is 1.76. The quantitative estimate of drug-likeness (QED) is 0.467. The van der Waals surface area contributed by atoms with Crippen LogP contribution in [0.15, 0.2) is 11.6 Å². The van der Waals surface area contributed by atoms with E-state index in [9.17, 15) is 9.59 Å². The van der Waals surface area contributed by atoms with Gasteiger partial charge in [-0.3, -0.25) is 9.59 Å². The minimum Gasteiger partial charge on any atom is -0.299 e. The molecule has 0 fully saturated rings. The zero-order valence-electron chi connectivity index (χ0n) is 8.72. The van der Waals surface area contributed by atoms with Crippen LogP contribution >= 0.6 is 0 Å². The maximum absolute atomic E-state index is 11.1. The molecule has 0 atom stereocenters. The molecule has 74 valence electrons. The molecule has 13 heavy (non-hydrogen) atoms. The summed E-state index contributed by atoms with van der Waals surface area (Å²) in [5.74, 6) is 0.103. The number of rotatable bonds is 6. The minimum absolute atomic E-state index is 0.0437. The molecule has 0 saturated heterocycles. The van der Waals surface area contributed by atoms with Crippen LogP contribution in [0.3, 0.4) is 0 Å². The molecule has 0 aromatic carbocycles. The van der Waals surface area contributed by atoms with Crippen LogP contribution in [0.2, 0.25) is 0 Å². The second-order valence-electron chi connectivity index (χ2n) is 3.43. The first-order valence-electron chi connectivity index (χ1n) is 4.73. The summed E-state index contributed by atoms with van der Waals surface area (Å²) in [5.41, 5.74) is 1.22. The van der Waals surface area contributed by atoms with E-state index in [1.54, 1.807) is 6.92 Å². The molecule has 0 spiro atoms. The van der Waals surface area contributed by atoms with E-state index in [-0.39, 0.29) is 18.0 Å². The van der Waals surface area contributed by atoms with E-state index in [1.165, 1.54) is 5.57 Å². The molecule has 2 nitrogen and oxygen atoms in total. The van der Waals surface area contributed by atoms with Crippen LogP contribution in [0.25, 0.3) is 0 Å². The molecule has 0 N–H and O–H groups in total. The van der Waals surface area contributed by atoms with E-state index in [0.29, 0.717) is 12.8 Å². The summed E-state index contributed by atoms with van der Waals surface area (Å²) >= 11 is 0. The van der Waals surface area contributed by atoms with Gasteiger partial charge in [0.2, 0.25) is 0 Å². The third-order valence-corrected chi connectivity index (χ3v) is 1.76. The lowest BCUT2D eigenvalue weighted by Crippen LogP contribution is -2.05. The van der Waals surface area contributed by atoms with Crippen LogP contribution in [-0.4, -0.2) is 11.6 Å². The van der Waals surface area contributed by atoms with Crippen molar-refractivity contribution in [3.63, 3.8) is 0 Å². The second-order valence-corrected chi connectivity index (χ2v) is 3.43. The standard InChI is InChI=1S/C11H18O2/c1-4-10(12)8-11(13)7-5-6-9(2)3/h6H,4-5,7-8H2,1-3H3. The fourth-order valence-electron chi connectivity index (χ4n) is 0.955. The van der Waals surface area contributed by atoms with Crippen molar-refractivity contribution < 1.29 is 9.59 Å². The molecule has 0 aliphatic rings. The lowest BCUT2D eigenvalue weighted by atomic mass is 10.1. The van der Waals surface area contributed by atoms with Crippen LogP contribution in [0.5, 0.6) is 0 Å². The van der Waals surface area contributed by atoms with E-state index >= 15 is 0 Å². The van der Waals surface area contributed by atoms with Gasteiger partial charge in [-0.05, 0) is 20.3 Å². The largest absolute Gasteiger partial charge is 0.299 e. The van der Waals surface area contributed by atoms with Crippen LogP contribution in [0.1, 0.15) is 46.5 Å². The Bertz CT molecular complexity index is 210. The van der Waals surface area contributed by atoms with Crippen LogP contribution in [0, 0.1) is 0 Å². The highest BCUT2D eigenvalue weighted by Gasteiger charge is 2.05. The van der Waals surface area contributed by atoms with E-state index in [0.717, 1.165) is 6.42 Å². The lowest BCUT2D eigenvalue weighted by molar-refractivity contribution is -0.126. The van der Waals surface area contributed by atoms with Gasteiger partial charge in [0.05, 0.1) is 6.42 Å². The Hall–Kier alpha value is -0.920. The Morgan fingerprint density at radius 1 is 1.15 bits per heavy atom. The van der Waals surface area contributed by atoms with Gasteiger partial charge < -0.3 is 0 Å². The first-order chi connectivity index (χ1) is 6.06. The summed E-state index contributed by atoms with van der Waals surface area (Å²) in [6, 6.07) is 0. The zero-order valence-corrected chi connectivity index (χ0v) is 8.72. The number of ketones is 2. The highest BCUT2D eigenvalue weighted by molar-refractivity contribution is 5.98. The van der Waals surface area contributed by atoms with Gasteiger partial charge in [-0.15, -0.1) is 0 Å². The normalized spacial score (nSPS) is 9.46. The number of carbonyl (C=O) groups is 2. The van der Waals surface area contributed by atoms with Gasteiger partial charge in [-0.1, -0.05) is 18.6 Å². The summed E-state index contributed by atoms with van der Waals surface area (Å²) in [4.78, 5) is 22.0. The van der Waals surface area contributed by atoms with Crippen molar-refractivity contribution >= 4 is 11.6 Å². The molecule has 0 saturated carbocycles. The van der Waals surface area contributed by atoms with Crippen molar-refractivity contribution in [2.45, 2.75) is 46.5 Å². The lowest BCUT2D eigenvalue weighted by Gasteiger charge is -1.96. The van der Waals surface area contributed by atoms with Crippen molar-refractivity contribution in [3.05, 3.63) is 11.6 Å². The van der Waals surface area contributed by atoms with Crippen molar-refractivity contribution in [2.75, 3.05) is 0 Å². The second kappa shape index (κ2) is 6.58. The summed E-state index contributed by atoms with van der Waals surface area (Å²) in [7, 11) is 0. The number of carbonyl (C=O) groups excluding carboxylic acids is 2. The average Bonchev–Trinajstić information content (AvgIpc) is 2.03. The number of allylic oxidation sites excluding steroid dienone is 2. The number of hydrogen-bond donors (Lipinski definition) is 0. The summed E-state index contributed by atoms with van der Waals surface area (Å²) in [6.07, 6.45) is 3.87. The Morgan fingerprint density at radius 3 is 2.23 bits per heavy atom. The highest BCUT2D eigenvalue weighted by atomic mass is 16.1. The van der Waals surface area contributed by atoms with E-state index in [2.05, 4.69) is 0 Å². The molecule has 0 heterocycles. The molecule has 0 radical (unpaired) electrons. The molecule has 0 unspecified atom stereocenters. The van der Waals surface area contributed by atoms with E-state index in [1.807, 2.05) is 19.9 Å². The van der Waals surface area contributed by atoms with Gasteiger partial charge in [0, 0.05) is 12.8 Å². The van der Waals surface area contributed by atoms with E-state index in [4.69, 9.17) is 0 Å². The summed E-state index contributed by atoms with van der Waals surface area (Å²) in [6.45, 7) is 5.79.